The monoisotopic (exact) mass is 230 g/mol. The summed E-state index contributed by atoms with van der Waals surface area (Å²) in [6, 6.07) is 0. The number of rotatable bonds is 2. The van der Waals surface area contributed by atoms with Crippen LogP contribution in [0.5, 0.6) is 0 Å². The van der Waals surface area contributed by atoms with Gasteiger partial charge in [0.1, 0.15) is 12.4 Å². The Hall–Kier alpha value is -1.30. The first-order valence-electron chi connectivity index (χ1n) is 4.43. The zero-order valence-corrected chi connectivity index (χ0v) is 8.86. The highest BCUT2D eigenvalue weighted by atomic mass is 32.2. The minimum atomic E-state index is -3.57. The van der Waals surface area contributed by atoms with Gasteiger partial charge in [0.25, 0.3) is 0 Å². The van der Waals surface area contributed by atoms with Crippen LogP contribution in [0.3, 0.4) is 0 Å². The molecule has 5 nitrogen and oxygen atoms in total. The van der Waals surface area contributed by atoms with Crippen molar-refractivity contribution in [2.75, 3.05) is 6.26 Å². The maximum atomic E-state index is 11.3. The van der Waals surface area contributed by atoms with Gasteiger partial charge < -0.3 is 8.92 Å². The Balaban J connectivity index is 2.21. The average Bonchev–Trinajstić information content (AvgIpc) is 2.60. The summed E-state index contributed by atoms with van der Waals surface area (Å²) < 4.78 is 31.0. The van der Waals surface area contributed by atoms with E-state index in [4.69, 9.17) is 4.74 Å². The van der Waals surface area contributed by atoms with E-state index < -0.39 is 16.1 Å². The Labute approximate surface area is 87.5 Å². The molecule has 0 radical (unpaired) electrons. The van der Waals surface area contributed by atoms with Crippen molar-refractivity contribution in [2.45, 2.75) is 12.5 Å². The Kier molecular flexibility index (Phi) is 2.30. The molecule has 0 N–H and O–H groups in total. The molecule has 2 aliphatic rings. The van der Waals surface area contributed by atoms with E-state index in [1.807, 2.05) is 12.2 Å². The van der Waals surface area contributed by atoms with Gasteiger partial charge in [0, 0.05) is 12.3 Å². The van der Waals surface area contributed by atoms with Crippen molar-refractivity contribution in [3.05, 3.63) is 24.0 Å². The molecule has 0 spiro atoms. The summed E-state index contributed by atoms with van der Waals surface area (Å²) in [6.45, 7) is 0. The Morgan fingerprint density at radius 3 is 3.00 bits per heavy atom. The fourth-order valence-corrected chi connectivity index (χ4v) is 1.94. The molecule has 1 saturated heterocycles. The van der Waals surface area contributed by atoms with Crippen LogP contribution in [0.15, 0.2) is 24.0 Å². The molecular weight excluding hydrogens is 220 g/mol. The van der Waals surface area contributed by atoms with Gasteiger partial charge in [-0.05, 0) is 0 Å². The molecule has 2 atom stereocenters. The quantitative estimate of drug-likeness (QED) is 0.225. The third-order valence-corrected chi connectivity index (χ3v) is 2.76. The summed E-state index contributed by atoms with van der Waals surface area (Å²) in [7, 11) is -3.57. The highest BCUT2D eigenvalue weighted by Gasteiger charge is 2.40. The maximum Gasteiger partial charge on any atom is 0.338 e. The smallest absolute Gasteiger partial charge is 0.338 e. The lowest BCUT2D eigenvalue weighted by atomic mass is 10.0. The Morgan fingerprint density at radius 2 is 2.33 bits per heavy atom. The Bertz CT molecular complexity index is 445. The number of fused-ring (bicyclic) bond motifs is 1. The number of hydrogen-bond acceptors (Lipinski definition) is 5. The highest BCUT2D eigenvalue weighted by molar-refractivity contribution is 7.86. The zero-order chi connectivity index (χ0) is 11.1. The Morgan fingerprint density at radius 1 is 1.60 bits per heavy atom. The molecule has 2 unspecified atom stereocenters. The molecule has 0 bridgehead atoms. The predicted molar refractivity (Wildman–Crippen MR) is 51.1 cm³/mol. The van der Waals surface area contributed by atoms with Crippen LogP contribution < -0.4 is 0 Å². The van der Waals surface area contributed by atoms with E-state index in [1.54, 1.807) is 0 Å². The third-order valence-electron chi connectivity index (χ3n) is 2.32. The van der Waals surface area contributed by atoms with Gasteiger partial charge in [-0.15, -0.1) is 0 Å². The largest absolute Gasteiger partial charge is 0.458 e. The van der Waals surface area contributed by atoms with E-state index in [-0.39, 0.29) is 17.6 Å². The molecule has 0 amide bonds. The van der Waals surface area contributed by atoms with E-state index in [1.165, 1.54) is 0 Å². The van der Waals surface area contributed by atoms with Crippen molar-refractivity contribution in [2.24, 2.45) is 5.92 Å². The van der Waals surface area contributed by atoms with Gasteiger partial charge in [0.05, 0.1) is 11.8 Å². The number of esters is 1. The molecule has 0 aromatic heterocycles. The third kappa shape index (κ3) is 2.04. The molecule has 1 aliphatic heterocycles. The lowest BCUT2D eigenvalue weighted by molar-refractivity contribution is -0.138. The van der Waals surface area contributed by atoms with Crippen LogP contribution in [0.4, 0.5) is 0 Å². The van der Waals surface area contributed by atoms with Gasteiger partial charge in [-0.3, -0.25) is 0 Å². The number of hydrogen-bond donors (Lipinski definition) is 0. The van der Waals surface area contributed by atoms with Crippen LogP contribution >= 0.6 is 0 Å². The van der Waals surface area contributed by atoms with Crippen molar-refractivity contribution in [1.82, 2.24) is 0 Å². The average molecular weight is 230 g/mol. The lowest BCUT2D eigenvalue weighted by Gasteiger charge is -2.04. The molecule has 2 rings (SSSR count). The molecule has 6 heteroatoms. The molecular formula is C9H10O5S. The molecule has 1 fully saturated rings. The summed E-state index contributed by atoms with van der Waals surface area (Å²) in [5, 5.41) is 0. The van der Waals surface area contributed by atoms with E-state index in [0.29, 0.717) is 6.42 Å². The van der Waals surface area contributed by atoms with Gasteiger partial charge in [-0.25, -0.2) is 4.79 Å². The molecule has 1 heterocycles. The maximum absolute atomic E-state index is 11.3. The first-order valence-corrected chi connectivity index (χ1v) is 6.25. The van der Waals surface area contributed by atoms with Crippen LogP contribution in [0.25, 0.3) is 0 Å². The summed E-state index contributed by atoms with van der Waals surface area (Å²) in [4.78, 5) is 11.3. The second kappa shape index (κ2) is 3.37. The van der Waals surface area contributed by atoms with Crippen LogP contribution in [-0.2, 0) is 23.8 Å². The molecule has 82 valence electrons. The number of ether oxygens (including phenoxy) is 1. The van der Waals surface area contributed by atoms with Crippen LogP contribution in [0.2, 0.25) is 0 Å². The summed E-state index contributed by atoms with van der Waals surface area (Å²) >= 11 is 0. The van der Waals surface area contributed by atoms with Crippen molar-refractivity contribution in [1.29, 1.82) is 0 Å². The van der Waals surface area contributed by atoms with Gasteiger partial charge in [0.2, 0.25) is 0 Å². The summed E-state index contributed by atoms with van der Waals surface area (Å²) in [5.41, 5.74) is 0.263. The SMILES string of the molecule is CS(=O)(=O)OC=C1C(=O)OC2CC=CC12. The van der Waals surface area contributed by atoms with E-state index in [9.17, 15) is 13.2 Å². The fraction of sp³-hybridized carbons (Fsp3) is 0.444. The minimum Gasteiger partial charge on any atom is -0.458 e. The van der Waals surface area contributed by atoms with Crippen molar-refractivity contribution in [3.63, 3.8) is 0 Å². The van der Waals surface area contributed by atoms with E-state index in [0.717, 1.165) is 12.5 Å². The first kappa shape index (κ1) is 10.2. The van der Waals surface area contributed by atoms with Gasteiger partial charge in [-0.2, -0.15) is 8.42 Å². The predicted octanol–water partition coefficient (Wildman–Crippen LogP) is 0.348. The summed E-state index contributed by atoms with van der Waals surface area (Å²) in [5.74, 6) is -0.669. The van der Waals surface area contributed by atoms with Crippen molar-refractivity contribution < 1.29 is 22.1 Å². The summed E-state index contributed by atoms with van der Waals surface area (Å²) in [6.07, 6.45) is 6.10. The van der Waals surface area contributed by atoms with Crippen LogP contribution in [-0.4, -0.2) is 26.7 Å². The molecule has 15 heavy (non-hydrogen) atoms. The normalized spacial score (nSPS) is 31.8. The second-order valence-corrected chi connectivity index (χ2v) is 5.11. The minimum absolute atomic E-state index is 0.167. The van der Waals surface area contributed by atoms with Crippen molar-refractivity contribution >= 4 is 16.1 Å². The van der Waals surface area contributed by atoms with Gasteiger partial charge >= 0.3 is 16.1 Å². The molecule has 0 aromatic carbocycles. The van der Waals surface area contributed by atoms with Crippen molar-refractivity contribution in [3.8, 4) is 0 Å². The molecule has 0 saturated carbocycles. The molecule has 1 aliphatic carbocycles. The molecule has 0 aromatic rings. The topological polar surface area (TPSA) is 69.7 Å². The fourth-order valence-electron chi connectivity index (χ4n) is 1.66. The van der Waals surface area contributed by atoms with E-state index >= 15 is 0 Å². The zero-order valence-electron chi connectivity index (χ0n) is 8.04. The van der Waals surface area contributed by atoms with Gasteiger partial charge in [0.15, 0.2) is 0 Å². The second-order valence-electron chi connectivity index (χ2n) is 3.51. The standard InChI is InChI=1S/C9H10O5S/c1-15(11,12)13-5-7-6-3-2-4-8(6)14-9(7)10/h2-3,5-6,8H,4H2,1H3. The number of carbonyl (C=O) groups excluding carboxylic acids is 1. The number of carbonyl (C=O) groups is 1. The van der Waals surface area contributed by atoms with Gasteiger partial charge in [-0.1, -0.05) is 12.2 Å². The first-order chi connectivity index (χ1) is 6.97. The highest BCUT2D eigenvalue weighted by Crippen LogP contribution is 2.35. The van der Waals surface area contributed by atoms with Crippen LogP contribution in [0.1, 0.15) is 6.42 Å². The van der Waals surface area contributed by atoms with E-state index in [2.05, 4.69) is 4.18 Å². The van der Waals surface area contributed by atoms with Crippen LogP contribution in [0, 0.1) is 5.92 Å². The lowest BCUT2D eigenvalue weighted by Crippen LogP contribution is -2.08.